The van der Waals surface area contributed by atoms with Gasteiger partial charge in [-0.2, -0.15) is 0 Å². The first kappa shape index (κ1) is 20.2. The van der Waals surface area contributed by atoms with Crippen LogP contribution in [0, 0.1) is 11.7 Å². The molecule has 3 atom stereocenters. The van der Waals surface area contributed by atoms with Gasteiger partial charge in [0.05, 0.1) is 12.1 Å². The maximum Gasteiger partial charge on any atom is 0.411 e. The quantitative estimate of drug-likeness (QED) is 0.742. The van der Waals surface area contributed by atoms with Gasteiger partial charge in [0, 0.05) is 13.3 Å². The van der Waals surface area contributed by atoms with Crippen LogP contribution in [0.5, 0.6) is 0 Å². The third-order valence-corrected chi connectivity index (χ3v) is 4.33. The third-order valence-electron chi connectivity index (χ3n) is 4.33. The molecule has 2 rings (SSSR count). The molecular formula is C20H28FNO4. The highest BCUT2D eigenvalue weighted by Crippen LogP contribution is 2.41. The van der Waals surface area contributed by atoms with Gasteiger partial charge in [0.25, 0.3) is 0 Å². The molecule has 0 aromatic heterocycles. The fourth-order valence-corrected chi connectivity index (χ4v) is 3.52. The minimum Gasteiger partial charge on any atom is -0.460 e. The van der Waals surface area contributed by atoms with Crippen LogP contribution in [0.2, 0.25) is 0 Å². The van der Waals surface area contributed by atoms with Gasteiger partial charge < -0.3 is 9.47 Å². The molecule has 6 heteroatoms. The summed E-state index contributed by atoms with van der Waals surface area (Å²) in [6.07, 6.45) is -0.543. The van der Waals surface area contributed by atoms with Crippen molar-refractivity contribution < 1.29 is 23.5 Å². The second-order valence-electron chi connectivity index (χ2n) is 8.08. The molecule has 1 saturated heterocycles. The van der Waals surface area contributed by atoms with E-state index in [9.17, 15) is 14.0 Å². The van der Waals surface area contributed by atoms with Gasteiger partial charge in [-0.25, -0.2) is 9.18 Å². The van der Waals surface area contributed by atoms with E-state index in [1.54, 1.807) is 37.8 Å². The molecule has 5 nitrogen and oxygen atoms in total. The Morgan fingerprint density at radius 3 is 2.42 bits per heavy atom. The summed E-state index contributed by atoms with van der Waals surface area (Å²) in [6.45, 7) is 10.7. The van der Waals surface area contributed by atoms with E-state index in [4.69, 9.17) is 9.47 Å². The highest BCUT2D eigenvalue weighted by atomic mass is 19.1. The standard InChI is InChI=1S/C20H28FNO4/c1-12(2)18-17(25-13(3)23)11-16(14-8-7-9-15(21)10-14)22(18)19(24)26-20(4,5)6/h7-10,12,16-18H,11H2,1-6H3. The number of hydrogen-bond acceptors (Lipinski definition) is 4. The van der Waals surface area contributed by atoms with Crippen molar-refractivity contribution in [2.45, 2.75) is 71.8 Å². The molecule has 0 N–H and O–H groups in total. The second kappa shape index (κ2) is 7.64. The summed E-state index contributed by atoms with van der Waals surface area (Å²) >= 11 is 0. The monoisotopic (exact) mass is 365 g/mol. The number of rotatable bonds is 3. The lowest BCUT2D eigenvalue weighted by atomic mass is 9.99. The molecule has 1 aromatic rings. The van der Waals surface area contributed by atoms with Crippen molar-refractivity contribution in [3.05, 3.63) is 35.6 Å². The Hall–Kier alpha value is -2.11. The third kappa shape index (κ3) is 4.74. The first-order valence-corrected chi connectivity index (χ1v) is 8.93. The van der Waals surface area contributed by atoms with Crippen LogP contribution in [0.1, 0.15) is 59.6 Å². The number of nitrogens with zero attached hydrogens (tertiary/aromatic N) is 1. The van der Waals surface area contributed by atoms with Crippen molar-refractivity contribution in [2.24, 2.45) is 5.92 Å². The number of halogens is 1. The normalized spacial score (nSPS) is 23.2. The summed E-state index contributed by atoms with van der Waals surface area (Å²) in [7, 11) is 0. The first-order valence-electron chi connectivity index (χ1n) is 8.93. The first-order chi connectivity index (χ1) is 12.0. The lowest BCUT2D eigenvalue weighted by Gasteiger charge is -2.35. The van der Waals surface area contributed by atoms with E-state index in [1.165, 1.54) is 19.1 Å². The molecule has 1 aromatic carbocycles. The van der Waals surface area contributed by atoms with Gasteiger partial charge in [-0.15, -0.1) is 0 Å². The lowest BCUT2D eigenvalue weighted by Crippen LogP contribution is -2.46. The van der Waals surface area contributed by atoms with E-state index in [-0.39, 0.29) is 17.8 Å². The highest BCUT2D eigenvalue weighted by molar-refractivity contribution is 5.71. The van der Waals surface area contributed by atoms with Gasteiger partial charge in [-0.1, -0.05) is 26.0 Å². The van der Waals surface area contributed by atoms with Gasteiger partial charge in [0.1, 0.15) is 17.5 Å². The molecule has 144 valence electrons. The van der Waals surface area contributed by atoms with Crippen LogP contribution in [-0.2, 0) is 14.3 Å². The molecule has 1 fully saturated rings. The molecule has 1 amide bonds. The van der Waals surface area contributed by atoms with Gasteiger partial charge in [0.2, 0.25) is 0 Å². The topological polar surface area (TPSA) is 55.8 Å². The van der Waals surface area contributed by atoms with E-state index >= 15 is 0 Å². The number of amides is 1. The molecule has 1 heterocycles. The van der Waals surface area contributed by atoms with Crippen molar-refractivity contribution in [1.29, 1.82) is 0 Å². The maximum atomic E-state index is 13.8. The van der Waals surface area contributed by atoms with Gasteiger partial charge in [0.15, 0.2) is 0 Å². The van der Waals surface area contributed by atoms with Crippen LogP contribution < -0.4 is 0 Å². The lowest BCUT2D eigenvalue weighted by molar-refractivity contribution is -0.148. The van der Waals surface area contributed by atoms with Gasteiger partial charge in [-0.05, 0) is 44.4 Å². The summed E-state index contributed by atoms with van der Waals surface area (Å²) in [5, 5.41) is 0. The summed E-state index contributed by atoms with van der Waals surface area (Å²) in [5.74, 6) is -0.737. The Kier molecular flexibility index (Phi) is 5.94. The SMILES string of the molecule is CC(=O)OC1CC(c2cccc(F)c2)N(C(=O)OC(C)(C)C)C1C(C)C. The van der Waals surface area contributed by atoms with Gasteiger partial charge >= 0.3 is 12.1 Å². The molecule has 1 aliphatic rings. The number of benzene rings is 1. The van der Waals surface area contributed by atoms with E-state index in [0.29, 0.717) is 12.0 Å². The molecule has 0 saturated carbocycles. The number of esters is 1. The van der Waals surface area contributed by atoms with Crippen LogP contribution in [0.15, 0.2) is 24.3 Å². The maximum absolute atomic E-state index is 13.8. The Bertz CT molecular complexity index is 668. The number of ether oxygens (including phenoxy) is 2. The average Bonchev–Trinajstić information content (AvgIpc) is 2.84. The fourth-order valence-electron chi connectivity index (χ4n) is 3.52. The zero-order valence-corrected chi connectivity index (χ0v) is 16.3. The summed E-state index contributed by atoms with van der Waals surface area (Å²) < 4.78 is 24.8. The van der Waals surface area contributed by atoms with E-state index in [1.807, 2.05) is 13.8 Å². The zero-order chi connectivity index (χ0) is 19.6. The molecule has 26 heavy (non-hydrogen) atoms. The van der Waals surface area contributed by atoms with Crippen LogP contribution in [0.25, 0.3) is 0 Å². The minimum absolute atomic E-state index is 0.0328. The molecule has 0 radical (unpaired) electrons. The highest BCUT2D eigenvalue weighted by Gasteiger charge is 2.48. The minimum atomic E-state index is -0.662. The van der Waals surface area contributed by atoms with Crippen LogP contribution in [0.4, 0.5) is 9.18 Å². The zero-order valence-electron chi connectivity index (χ0n) is 16.3. The van der Waals surface area contributed by atoms with Crippen molar-refractivity contribution in [1.82, 2.24) is 4.90 Å². The molecule has 3 unspecified atom stereocenters. The van der Waals surface area contributed by atoms with Crippen LogP contribution in [0.3, 0.4) is 0 Å². The Labute approximate surface area is 154 Å². The van der Waals surface area contributed by atoms with Crippen LogP contribution >= 0.6 is 0 Å². The second-order valence-corrected chi connectivity index (χ2v) is 8.08. The van der Waals surface area contributed by atoms with Gasteiger partial charge in [-0.3, -0.25) is 9.69 Å². The van der Waals surface area contributed by atoms with Crippen molar-refractivity contribution in [3.8, 4) is 0 Å². The number of likely N-dealkylation sites (tertiary alicyclic amines) is 1. The Morgan fingerprint density at radius 1 is 1.27 bits per heavy atom. The summed E-state index contributed by atoms with van der Waals surface area (Å²) in [4.78, 5) is 26.1. The average molecular weight is 365 g/mol. The molecule has 0 spiro atoms. The summed E-state index contributed by atoms with van der Waals surface area (Å²) in [6, 6.07) is 5.40. The van der Waals surface area contributed by atoms with Crippen molar-refractivity contribution in [2.75, 3.05) is 0 Å². The van der Waals surface area contributed by atoms with E-state index in [2.05, 4.69) is 0 Å². The molecule has 0 aliphatic carbocycles. The van der Waals surface area contributed by atoms with Crippen molar-refractivity contribution >= 4 is 12.1 Å². The number of hydrogen-bond donors (Lipinski definition) is 0. The Balaban J connectivity index is 2.45. The van der Waals surface area contributed by atoms with E-state index in [0.717, 1.165) is 0 Å². The Morgan fingerprint density at radius 2 is 1.92 bits per heavy atom. The smallest absolute Gasteiger partial charge is 0.411 e. The largest absolute Gasteiger partial charge is 0.460 e. The predicted octanol–water partition coefficient (Wildman–Crippen LogP) is 4.46. The van der Waals surface area contributed by atoms with Crippen LogP contribution in [-0.4, -0.2) is 34.7 Å². The predicted molar refractivity (Wildman–Crippen MR) is 96.0 cm³/mol. The summed E-state index contributed by atoms with van der Waals surface area (Å²) in [5.41, 5.74) is 0.00103. The number of carbonyl (C=O) groups excluding carboxylic acids is 2. The molecular weight excluding hydrogens is 337 g/mol. The number of carbonyl (C=O) groups is 2. The molecule has 0 bridgehead atoms. The van der Waals surface area contributed by atoms with E-state index < -0.39 is 29.8 Å². The molecule has 1 aliphatic heterocycles. The fraction of sp³-hybridized carbons (Fsp3) is 0.600. The van der Waals surface area contributed by atoms with Crippen molar-refractivity contribution in [3.63, 3.8) is 0 Å².